The molecule has 7 nitrogen and oxygen atoms in total. The van der Waals surface area contributed by atoms with Crippen LogP contribution in [-0.2, 0) is 20.8 Å². The Hall–Kier alpha value is -3.00. The molecule has 3 N–H and O–H groups in total. The Kier molecular flexibility index (Phi) is 9.18. The van der Waals surface area contributed by atoms with Gasteiger partial charge in [0.1, 0.15) is 5.75 Å². The van der Waals surface area contributed by atoms with Gasteiger partial charge in [-0.25, -0.2) is 0 Å². The smallest absolute Gasteiger partial charge is 0.258 e. The van der Waals surface area contributed by atoms with Crippen LogP contribution < -0.4 is 20.7 Å². The predicted molar refractivity (Wildman–Crippen MR) is 132 cm³/mol. The van der Waals surface area contributed by atoms with E-state index in [2.05, 4.69) is 16.0 Å². The lowest BCUT2D eigenvalue weighted by Gasteiger charge is -2.12. The average molecular weight is 470 g/mol. The van der Waals surface area contributed by atoms with Crippen molar-refractivity contribution < 1.29 is 19.1 Å². The van der Waals surface area contributed by atoms with Crippen LogP contribution in [0.3, 0.4) is 0 Å². The summed E-state index contributed by atoms with van der Waals surface area (Å²) in [5.41, 5.74) is 2.94. The van der Waals surface area contributed by atoms with Crippen molar-refractivity contribution in [1.82, 2.24) is 10.6 Å². The van der Waals surface area contributed by atoms with Gasteiger partial charge in [-0.05, 0) is 62.9 Å². The molecule has 176 valence electrons. The summed E-state index contributed by atoms with van der Waals surface area (Å²) >= 11 is 1.31. The lowest BCUT2D eigenvalue weighted by Crippen LogP contribution is -2.33. The van der Waals surface area contributed by atoms with E-state index in [-0.39, 0.29) is 35.3 Å². The van der Waals surface area contributed by atoms with E-state index in [4.69, 9.17) is 4.74 Å². The summed E-state index contributed by atoms with van der Waals surface area (Å²) in [6, 6.07) is 15.4. The van der Waals surface area contributed by atoms with Gasteiger partial charge in [0.25, 0.3) is 5.91 Å². The van der Waals surface area contributed by atoms with Crippen molar-refractivity contribution in [3.63, 3.8) is 0 Å². The van der Waals surface area contributed by atoms with E-state index in [9.17, 15) is 14.4 Å². The molecule has 1 saturated carbocycles. The Labute approximate surface area is 199 Å². The molecular weight excluding hydrogens is 438 g/mol. The molecule has 2 aromatic rings. The Bertz CT molecular complexity index is 943. The van der Waals surface area contributed by atoms with Crippen LogP contribution in [0.2, 0.25) is 0 Å². The number of ether oxygens (including phenoxy) is 1. The molecule has 0 aliphatic heterocycles. The van der Waals surface area contributed by atoms with Gasteiger partial charge in [-0.2, -0.15) is 0 Å². The molecule has 0 radical (unpaired) electrons. The highest BCUT2D eigenvalue weighted by Gasteiger charge is 2.23. The molecule has 3 rings (SSSR count). The number of hydrogen-bond donors (Lipinski definition) is 3. The molecule has 0 bridgehead atoms. The number of nitrogens with one attached hydrogen (secondary N) is 3. The Morgan fingerprint density at radius 3 is 2.39 bits per heavy atom. The molecule has 1 aliphatic carbocycles. The van der Waals surface area contributed by atoms with Gasteiger partial charge in [0.15, 0.2) is 6.61 Å². The van der Waals surface area contributed by atoms with Crippen molar-refractivity contribution in [3.05, 3.63) is 59.7 Å². The molecule has 1 fully saturated rings. The van der Waals surface area contributed by atoms with Crippen molar-refractivity contribution in [3.8, 4) is 5.75 Å². The molecule has 8 heteroatoms. The van der Waals surface area contributed by atoms with Crippen LogP contribution in [0.15, 0.2) is 48.5 Å². The molecule has 1 atom stereocenters. The highest BCUT2D eigenvalue weighted by molar-refractivity contribution is 8.01. The third kappa shape index (κ3) is 9.18. The first kappa shape index (κ1) is 24.6. The number of hydrogen-bond acceptors (Lipinski definition) is 5. The second-order valence-electron chi connectivity index (χ2n) is 8.18. The standard InChI is InChI=1S/C25H31N3O4S/c1-17-3-7-20(8-4-17)28-24(30)16-33-18(2)25(31)26-14-13-19-5-11-22(12-6-19)32-15-23(29)27-21-9-10-21/h3-8,11-12,18,21H,9-10,13-16H2,1-2H3,(H,26,31)(H,27,29)(H,28,30). The first-order valence-electron chi connectivity index (χ1n) is 11.2. The third-order valence-corrected chi connectivity index (χ3v) is 6.26. The summed E-state index contributed by atoms with van der Waals surface area (Å²) < 4.78 is 5.50. The van der Waals surface area contributed by atoms with Crippen LogP contribution in [0.5, 0.6) is 5.75 Å². The van der Waals surface area contributed by atoms with Crippen molar-refractivity contribution >= 4 is 35.2 Å². The highest BCUT2D eigenvalue weighted by Crippen LogP contribution is 2.18. The zero-order chi connectivity index (χ0) is 23.6. The fourth-order valence-electron chi connectivity index (χ4n) is 2.98. The number of amides is 3. The monoisotopic (exact) mass is 469 g/mol. The Balaban J connectivity index is 1.29. The maximum Gasteiger partial charge on any atom is 0.258 e. The molecule has 0 saturated heterocycles. The lowest BCUT2D eigenvalue weighted by atomic mass is 10.1. The zero-order valence-electron chi connectivity index (χ0n) is 19.1. The van der Waals surface area contributed by atoms with Gasteiger partial charge >= 0.3 is 0 Å². The van der Waals surface area contributed by atoms with Gasteiger partial charge < -0.3 is 20.7 Å². The number of carbonyl (C=O) groups excluding carboxylic acids is 3. The largest absolute Gasteiger partial charge is 0.484 e. The van der Waals surface area contributed by atoms with Gasteiger partial charge in [-0.1, -0.05) is 29.8 Å². The number of carbonyl (C=O) groups is 3. The van der Waals surface area contributed by atoms with Crippen LogP contribution in [0.1, 0.15) is 30.9 Å². The quantitative estimate of drug-likeness (QED) is 0.444. The third-order valence-electron chi connectivity index (χ3n) is 5.12. The van der Waals surface area contributed by atoms with Crippen molar-refractivity contribution in [2.45, 2.75) is 44.4 Å². The van der Waals surface area contributed by atoms with E-state index >= 15 is 0 Å². The van der Waals surface area contributed by atoms with Crippen LogP contribution in [0.4, 0.5) is 5.69 Å². The van der Waals surface area contributed by atoms with E-state index in [1.165, 1.54) is 11.8 Å². The van der Waals surface area contributed by atoms with Crippen LogP contribution >= 0.6 is 11.8 Å². The molecule has 3 amide bonds. The summed E-state index contributed by atoms with van der Waals surface area (Å²) in [6.45, 7) is 4.31. The zero-order valence-corrected chi connectivity index (χ0v) is 19.9. The summed E-state index contributed by atoms with van der Waals surface area (Å²) in [6.07, 6.45) is 2.79. The van der Waals surface area contributed by atoms with E-state index < -0.39 is 0 Å². The van der Waals surface area contributed by atoms with Crippen molar-refractivity contribution in [2.24, 2.45) is 0 Å². The minimum Gasteiger partial charge on any atom is -0.484 e. The maximum absolute atomic E-state index is 12.3. The predicted octanol–water partition coefficient (Wildman–Crippen LogP) is 3.07. The van der Waals surface area contributed by atoms with Crippen molar-refractivity contribution in [1.29, 1.82) is 0 Å². The maximum atomic E-state index is 12.3. The fraction of sp³-hybridized carbons (Fsp3) is 0.400. The molecule has 2 aromatic carbocycles. The molecule has 0 aromatic heterocycles. The second-order valence-corrected chi connectivity index (χ2v) is 9.51. The lowest BCUT2D eigenvalue weighted by molar-refractivity contribution is -0.123. The second kappa shape index (κ2) is 12.3. The van der Waals surface area contributed by atoms with Gasteiger partial charge in [-0.3, -0.25) is 14.4 Å². The van der Waals surface area contributed by atoms with E-state index in [1.807, 2.05) is 55.5 Å². The molecule has 1 aliphatic rings. The number of aryl methyl sites for hydroxylation is 1. The SMILES string of the molecule is Cc1ccc(NC(=O)CSC(C)C(=O)NCCc2ccc(OCC(=O)NC3CC3)cc2)cc1. The first-order chi connectivity index (χ1) is 15.9. The number of anilines is 1. The van der Waals surface area contributed by atoms with Crippen LogP contribution in [0.25, 0.3) is 0 Å². The van der Waals surface area contributed by atoms with Crippen molar-refractivity contribution in [2.75, 3.05) is 24.2 Å². The molecule has 1 unspecified atom stereocenters. The number of benzene rings is 2. The summed E-state index contributed by atoms with van der Waals surface area (Å²) in [4.78, 5) is 36.1. The highest BCUT2D eigenvalue weighted by atomic mass is 32.2. The first-order valence-corrected chi connectivity index (χ1v) is 12.2. The fourth-order valence-corrected chi connectivity index (χ4v) is 3.69. The van der Waals surface area contributed by atoms with Gasteiger partial charge in [0.2, 0.25) is 11.8 Å². The van der Waals surface area contributed by atoms with E-state index in [1.54, 1.807) is 6.92 Å². The topological polar surface area (TPSA) is 96.5 Å². The normalized spacial score (nSPS) is 13.6. The minimum atomic E-state index is -0.327. The summed E-state index contributed by atoms with van der Waals surface area (Å²) in [7, 11) is 0. The number of rotatable bonds is 12. The molecular formula is C25H31N3O4S. The Morgan fingerprint density at radius 2 is 1.73 bits per heavy atom. The van der Waals surface area contributed by atoms with Gasteiger partial charge in [0.05, 0.1) is 11.0 Å². The van der Waals surface area contributed by atoms with Crippen LogP contribution in [0, 0.1) is 6.92 Å². The molecule has 0 spiro atoms. The van der Waals surface area contributed by atoms with Gasteiger partial charge in [0, 0.05) is 18.3 Å². The van der Waals surface area contributed by atoms with Gasteiger partial charge in [-0.15, -0.1) is 11.8 Å². The average Bonchev–Trinajstić information content (AvgIpc) is 3.62. The number of thioether (sulfide) groups is 1. The molecule has 33 heavy (non-hydrogen) atoms. The minimum absolute atomic E-state index is 0.0184. The summed E-state index contributed by atoms with van der Waals surface area (Å²) in [5, 5.41) is 8.30. The summed E-state index contributed by atoms with van der Waals surface area (Å²) in [5.74, 6) is 0.537. The van der Waals surface area contributed by atoms with E-state index in [0.717, 1.165) is 29.7 Å². The van der Waals surface area contributed by atoms with E-state index in [0.29, 0.717) is 24.8 Å². The van der Waals surface area contributed by atoms with Crippen LogP contribution in [-0.4, -0.2) is 47.9 Å². The molecule has 0 heterocycles. The Morgan fingerprint density at radius 1 is 1.03 bits per heavy atom.